The van der Waals surface area contributed by atoms with E-state index in [1.54, 1.807) is 20.0 Å². The molecular formula is C15H16N2O3. The third-order valence-electron chi connectivity index (χ3n) is 3.24. The molecule has 1 unspecified atom stereocenters. The zero-order valence-corrected chi connectivity index (χ0v) is 11.4. The van der Waals surface area contributed by atoms with E-state index in [-0.39, 0.29) is 6.04 Å². The predicted molar refractivity (Wildman–Crippen MR) is 75.2 cm³/mol. The lowest BCUT2D eigenvalue weighted by Crippen LogP contribution is -2.38. The fraction of sp³-hybridized carbons (Fsp3) is 0.267. The minimum atomic E-state index is -1.07. The number of hydrogen-bond donors (Lipinski definition) is 1. The summed E-state index contributed by atoms with van der Waals surface area (Å²) in [7, 11) is 0. The highest BCUT2D eigenvalue weighted by atomic mass is 16.4. The summed E-state index contributed by atoms with van der Waals surface area (Å²) in [6.45, 7) is 3.56. The summed E-state index contributed by atoms with van der Waals surface area (Å²) in [5.74, 6) is -1.07. The van der Waals surface area contributed by atoms with E-state index < -0.39 is 12.0 Å². The van der Waals surface area contributed by atoms with Gasteiger partial charge in [0.05, 0.1) is 0 Å². The van der Waals surface area contributed by atoms with Crippen molar-refractivity contribution in [3.63, 3.8) is 0 Å². The number of carbonyl (C=O) groups excluding carboxylic acids is 1. The van der Waals surface area contributed by atoms with E-state index in [4.69, 9.17) is 0 Å². The average molecular weight is 272 g/mol. The maximum absolute atomic E-state index is 11.6. The van der Waals surface area contributed by atoms with Crippen LogP contribution in [0.4, 0.5) is 0 Å². The van der Waals surface area contributed by atoms with Gasteiger partial charge in [0, 0.05) is 29.4 Å². The fourth-order valence-corrected chi connectivity index (χ4v) is 2.26. The zero-order chi connectivity index (χ0) is 14.7. The van der Waals surface area contributed by atoms with Gasteiger partial charge in [0.2, 0.25) is 6.41 Å². The number of carboxylic acid groups (broad SMARTS) is 1. The largest absolute Gasteiger partial charge is 0.479 e. The molecule has 1 aromatic carbocycles. The van der Waals surface area contributed by atoms with E-state index in [9.17, 15) is 14.7 Å². The van der Waals surface area contributed by atoms with Crippen LogP contribution < -0.4 is 0 Å². The summed E-state index contributed by atoms with van der Waals surface area (Å²) < 4.78 is 0. The van der Waals surface area contributed by atoms with Crippen molar-refractivity contribution < 1.29 is 14.7 Å². The van der Waals surface area contributed by atoms with Crippen LogP contribution in [0, 0.1) is 0 Å². The van der Waals surface area contributed by atoms with Crippen LogP contribution in [0.2, 0.25) is 0 Å². The molecule has 5 heteroatoms. The highest BCUT2D eigenvalue weighted by Crippen LogP contribution is 2.28. The first kappa shape index (κ1) is 14.0. The van der Waals surface area contributed by atoms with Gasteiger partial charge in [-0.1, -0.05) is 24.3 Å². The Morgan fingerprint density at radius 3 is 2.60 bits per heavy atom. The molecule has 104 valence electrons. The number of rotatable bonds is 5. The molecule has 0 saturated heterocycles. The summed E-state index contributed by atoms with van der Waals surface area (Å²) in [6, 6.07) is 6.16. The first-order valence-corrected chi connectivity index (χ1v) is 6.34. The predicted octanol–water partition coefficient (Wildman–Crippen LogP) is 2.23. The number of pyridine rings is 1. The summed E-state index contributed by atoms with van der Waals surface area (Å²) >= 11 is 0. The SMILES string of the molecule is CC(C)N(C=O)C(C(=O)O)c1cncc2ccccc12. The van der Waals surface area contributed by atoms with E-state index in [0.29, 0.717) is 12.0 Å². The molecule has 2 aromatic rings. The second-order valence-electron chi connectivity index (χ2n) is 4.84. The number of benzene rings is 1. The van der Waals surface area contributed by atoms with Crippen LogP contribution in [0.5, 0.6) is 0 Å². The third kappa shape index (κ3) is 2.47. The quantitative estimate of drug-likeness (QED) is 0.847. The molecule has 1 amide bonds. The topological polar surface area (TPSA) is 70.5 Å². The Hall–Kier alpha value is -2.43. The second kappa shape index (κ2) is 5.69. The Bertz CT molecular complexity index is 635. The first-order chi connectivity index (χ1) is 9.56. The van der Waals surface area contributed by atoms with Crippen LogP contribution in [-0.4, -0.2) is 33.4 Å². The maximum Gasteiger partial charge on any atom is 0.331 e. The zero-order valence-electron chi connectivity index (χ0n) is 11.4. The molecule has 0 fully saturated rings. The highest BCUT2D eigenvalue weighted by Gasteiger charge is 2.29. The van der Waals surface area contributed by atoms with Crippen LogP contribution in [0.3, 0.4) is 0 Å². The van der Waals surface area contributed by atoms with Gasteiger partial charge in [-0.15, -0.1) is 0 Å². The molecule has 0 aliphatic carbocycles. The molecule has 1 aromatic heterocycles. The molecule has 1 atom stereocenters. The molecular weight excluding hydrogens is 256 g/mol. The fourth-order valence-electron chi connectivity index (χ4n) is 2.26. The average Bonchev–Trinajstić information content (AvgIpc) is 2.43. The Morgan fingerprint density at radius 2 is 2.00 bits per heavy atom. The Kier molecular flexibility index (Phi) is 3.98. The molecule has 1 N–H and O–H groups in total. The molecule has 2 rings (SSSR count). The lowest BCUT2D eigenvalue weighted by atomic mass is 10.00. The molecule has 1 heterocycles. The number of amides is 1. The minimum absolute atomic E-state index is 0.215. The molecule has 0 spiro atoms. The van der Waals surface area contributed by atoms with Gasteiger partial charge in [0.25, 0.3) is 0 Å². The van der Waals surface area contributed by atoms with Crippen LogP contribution in [0.25, 0.3) is 10.8 Å². The summed E-state index contributed by atoms with van der Waals surface area (Å²) in [4.78, 5) is 28.2. The number of aromatic nitrogens is 1. The van der Waals surface area contributed by atoms with Crippen molar-refractivity contribution in [2.75, 3.05) is 0 Å². The van der Waals surface area contributed by atoms with Gasteiger partial charge >= 0.3 is 5.97 Å². The van der Waals surface area contributed by atoms with Gasteiger partial charge < -0.3 is 10.0 Å². The number of nitrogens with zero attached hydrogens (tertiary/aromatic N) is 2. The Balaban J connectivity index is 2.63. The van der Waals surface area contributed by atoms with Crippen LogP contribution in [0.15, 0.2) is 36.7 Å². The van der Waals surface area contributed by atoms with Gasteiger partial charge in [0.15, 0.2) is 6.04 Å². The summed E-state index contributed by atoms with van der Waals surface area (Å²) in [6.07, 6.45) is 3.77. The van der Waals surface area contributed by atoms with Gasteiger partial charge in [0.1, 0.15) is 0 Å². The van der Waals surface area contributed by atoms with Crippen molar-refractivity contribution >= 4 is 23.2 Å². The van der Waals surface area contributed by atoms with E-state index in [1.165, 1.54) is 11.1 Å². The van der Waals surface area contributed by atoms with Crippen molar-refractivity contribution in [3.8, 4) is 0 Å². The number of fused-ring (bicyclic) bond motifs is 1. The Labute approximate surface area is 116 Å². The van der Waals surface area contributed by atoms with Crippen molar-refractivity contribution in [2.45, 2.75) is 25.9 Å². The van der Waals surface area contributed by atoms with Gasteiger partial charge in [-0.25, -0.2) is 4.79 Å². The van der Waals surface area contributed by atoms with Gasteiger partial charge in [-0.05, 0) is 19.2 Å². The van der Waals surface area contributed by atoms with Crippen molar-refractivity contribution in [2.24, 2.45) is 0 Å². The van der Waals surface area contributed by atoms with Crippen LogP contribution in [0.1, 0.15) is 25.5 Å². The number of carboxylic acids is 1. The lowest BCUT2D eigenvalue weighted by molar-refractivity contribution is -0.147. The van der Waals surface area contributed by atoms with Gasteiger partial charge in [-0.2, -0.15) is 0 Å². The van der Waals surface area contributed by atoms with Crippen LogP contribution >= 0.6 is 0 Å². The first-order valence-electron chi connectivity index (χ1n) is 6.34. The summed E-state index contributed by atoms with van der Waals surface area (Å²) in [5, 5.41) is 11.2. The smallest absolute Gasteiger partial charge is 0.331 e. The number of aliphatic carboxylic acids is 1. The molecule has 0 radical (unpaired) electrons. The van der Waals surface area contributed by atoms with Crippen molar-refractivity contribution in [1.29, 1.82) is 0 Å². The molecule has 0 aliphatic heterocycles. The normalized spacial score (nSPS) is 12.3. The third-order valence-corrected chi connectivity index (χ3v) is 3.24. The van der Waals surface area contributed by atoms with E-state index in [1.807, 2.05) is 24.3 Å². The van der Waals surface area contributed by atoms with Gasteiger partial charge in [-0.3, -0.25) is 9.78 Å². The lowest BCUT2D eigenvalue weighted by Gasteiger charge is -2.29. The van der Waals surface area contributed by atoms with Crippen molar-refractivity contribution in [3.05, 3.63) is 42.2 Å². The van der Waals surface area contributed by atoms with Crippen molar-refractivity contribution in [1.82, 2.24) is 9.88 Å². The monoisotopic (exact) mass is 272 g/mol. The molecule has 0 aliphatic rings. The van der Waals surface area contributed by atoms with E-state index in [0.717, 1.165) is 10.8 Å². The van der Waals surface area contributed by atoms with E-state index in [2.05, 4.69) is 4.98 Å². The van der Waals surface area contributed by atoms with Crippen LogP contribution in [-0.2, 0) is 9.59 Å². The second-order valence-corrected chi connectivity index (χ2v) is 4.84. The highest BCUT2D eigenvalue weighted by molar-refractivity contribution is 5.90. The standard InChI is InChI=1S/C15H16N2O3/c1-10(2)17(9-18)14(15(19)20)13-8-16-7-11-5-3-4-6-12(11)13/h3-10,14H,1-2H3,(H,19,20). The Morgan fingerprint density at radius 1 is 1.30 bits per heavy atom. The molecule has 0 bridgehead atoms. The number of carbonyl (C=O) groups is 2. The minimum Gasteiger partial charge on any atom is -0.479 e. The van der Waals surface area contributed by atoms with E-state index >= 15 is 0 Å². The molecule has 0 saturated carbocycles. The maximum atomic E-state index is 11.6. The molecule has 20 heavy (non-hydrogen) atoms. The number of hydrogen-bond acceptors (Lipinski definition) is 3. The molecule has 5 nitrogen and oxygen atoms in total. The summed E-state index contributed by atoms with van der Waals surface area (Å²) in [5.41, 5.74) is 0.524.